The third-order valence-electron chi connectivity index (χ3n) is 5.07. The summed E-state index contributed by atoms with van der Waals surface area (Å²) in [7, 11) is 0. The molecule has 26 heavy (non-hydrogen) atoms. The van der Waals surface area contributed by atoms with E-state index in [1.54, 1.807) is 0 Å². The van der Waals surface area contributed by atoms with E-state index in [1.165, 1.54) is 25.7 Å². The molecule has 0 aromatic heterocycles. The largest absolute Gasteiger partial charge is 0.388 e. The van der Waals surface area contributed by atoms with Gasteiger partial charge in [-0.25, -0.2) is 0 Å². The number of rotatable bonds is 10. The van der Waals surface area contributed by atoms with Crippen LogP contribution in [0.5, 0.6) is 0 Å². The molecule has 6 nitrogen and oxygen atoms in total. The standard InChI is InChI=1S/C20H39NO5/c1-5-6-7-8-9-10-11-12-15(22)21-13-14-16(23)17(24)18(25)19(26-14)20(2,3)4/h14,16-19,23-25H,5-13H2,1-4H3,(H,21,22)/t14?,16-,17+,18?,19-/m1/s1. The van der Waals surface area contributed by atoms with Crippen LogP contribution in [0.15, 0.2) is 0 Å². The summed E-state index contributed by atoms with van der Waals surface area (Å²) in [6.45, 7) is 8.04. The smallest absolute Gasteiger partial charge is 0.220 e. The maximum absolute atomic E-state index is 12.0. The van der Waals surface area contributed by atoms with Crippen LogP contribution in [0, 0.1) is 5.41 Å². The lowest BCUT2D eigenvalue weighted by atomic mass is 9.80. The fraction of sp³-hybridized carbons (Fsp3) is 0.950. The molecule has 1 aliphatic heterocycles. The molecule has 0 aromatic rings. The Hall–Kier alpha value is -0.690. The van der Waals surface area contributed by atoms with Gasteiger partial charge in [-0.2, -0.15) is 0 Å². The molecule has 0 bridgehead atoms. The molecule has 1 amide bonds. The van der Waals surface area contributed by atoms with Crippen molar-refractivity contribution in [2.24, 2.45) is 5.41 Å². The number of carbonyl (C=O) groups is 1. The Kier molecular flexibility index (Phi) is 10.1. The molecule has 5 atom stereocenters. The van der Waals surface area contributed by atoms with Crippen LogP contribution in [0.4, 0.5) is 0 Å². The molecule has 6 heteroatoms. The molecular formula is C20H39NO5. The number of carbonyl (C=O) groups excluding carboxylic acids is 1. The van der Waals surface area contributed by atoms with Crippen LogP contribution in [0.25, 0.3) is 0 Å². The number of aliphatic hydroxyl groups is 3. The molecule has 0 saturated carbocycles. The Labute approximate surface area is 158 Å². The quantitative estimate of drug-likeness (QED) is 0.440. The van der Waals surface area contributed by atoms with Gasteiger partial charge in [-0.3, -0.25) is 4.79 Å². The maximum atomic E-state index is 12.0. The van der Waals surface area contributed by atoms with Gasteiger partial charge < -0.3 is 25.4 Å². The van der Waals surface area contributed by atoms with Crippen LogP contribution in [0.2, 0.25) is 0 Å². The number of ether oxygens (including phenoxy) is 1. The van der Waals surface area contributed by atoms with Crippen molar-refractivity contribution >= 4 is 5.91 Å². The van der Waals surface area contributed by atoms with E-state index in [0.717, 1.165) is 19.3 Å². The monoisotopic (exact) mass is 373 g/mol. The van der Waals surface area contributed by atoms with Gasteiger partial charge >= 0.3 is 0 Å². The van der Waals surface area contributed by atoms with Crippen LogP contribution in [0.3, 0.4) is 0 Å². The average molecular weight is 374 g/mol. The first-order valence-corrected chi connectivity index (χ1v) is 10.1. The molecule has 0 radical (unpaired) electrons. The third kappa shape index (κ3) is 7.51. The van der Waals surface area contributed by atoms with Crippen LogP contribution < -0.4 is 5.32 Å². The molecule has 1 rings (SSSR count). The fourth-order valence-corrected chi connectivity index (χ4v) is 3.38. The summed E-state index contributed by atoms with van der Waals surface area (Å²) in [5.41, 5.74) is -0.388. The number of nitrogens with one attached hydrogen (secondary N) is 1. The van der Waals surface area contributed by atoms with E-state index in [1.807, 2.05) is 20.8 Å². The zero-order valence-electron chi connectivity index (χ0n) is 16.9. The number of amides is 1. The van der Waals surface area contributed by atoms with Crippen LogP contribution in [-0.4, -0.2) is 58.3 Å². The molecule has 0 spiro atoms. The van der Waals surface area contributed by atoms with Crippen LogP contribution in [0.1, 0.15) is 79.1 Å². The normalized spacial score (nSPS) is 29.6. The molecule has 1 aliphatic rings. The lowest BCUT2D eigenvalue weighted by Crippen LogP contribution is -2.62. The Morgan fingerprint density at radius 3 is 2.08 bits per heavy atom. The topological polar surface area (TPSA) is 99.0 Å². The highest BCUT2D eigenvalue weighted by Crippen LogP contribution is 2.32. The zero-order valence-corrected chi connectivity index (χ0v) is 16.9. The van der Waals surface area contributed by atoms with Gasteiger partial charge in [0.05, 0.1) is 6.10 Å². The number of aliphatic hydroxyl groups excluding tert-OH is 3. The minimum absolute atomic E-state index is 0.0673. The van der Waals surface area contributed by atoms with Crippen LogP contribution in [-0.2, 0) is 9.53 Å². The Bertz CT molecular complexity index is 409. The van der Waals surface area contributed by atoms with Crippen molar-refractivity contribution in [1.29, 1.82) is 0 Å². The first kappa shape index (κ1) is 23.3. The van der Waals surface area contributed by atoms with Crippen molar-refractivity contribution in [1.82, 2.24) is 5.32 Å². The zero-order chi connectivity index (χ0) is 19.7. The molecule has 4 N–H and O–H groups in total. The summed E-state index contributed by atoms with van der Waals surface area (Å²) in [6, 6.07) is 0. The molecule has 154 valence electrons. The van der Waals surface area contributed by atoms with E-state index in [4.69, 9.17) is 4.74 Å². The van der Waals surface area contributed by atoms with Crippen molar-refractivity contribution in [2.45, 2.75) is 110 Å². The second-order valence-corrected chi connectivity index (χ2v) is 8.61. The summed E-state index contributed by atoms with van der Waals surface area (Å²) in [4.78, 5) is 12.0. The highest BCUT2D eigenvalue weighted by Gasteiger charge is 2.47. The summed E-state index contributed by atoms with van der Waals surface area (Å²) in [5, 5.41) is 33.1. The lowest BCUT2D eigenvalue weighted by Gasteiger charge is -2.45. The fourth-order valence-electron chi connectivity index (χ4n) is 3.38. The molecular weight excluding hydrogens is 334 g/mol. The third-order valence-corrected chi connectivity index (χ3v) is 5.07. The molecule has 2 unspecified atom stereocenters. The van der Waals surface area contributed by atoms with E-state index < -0.39 is 30.5 Å². The van der Waals surface area contributed by atoms with Crippen molar-refractivity contribution in [2.75, 3.05) is 6.54 Å². The van der Waals surface area contributed by atoms with Crippen molar-refractivity contribution < 1.29 is 24.9 Å². The summed E-state index contributed by atoms with van der Waals surface area (Å²) in [6.07, 6.45) is 3.56. The Morgan fingerprint density at radius 1 is 0.923 bits per heavy atom. The predicted octanol–water partition coefficient (Wildman–Crippen LogP) is 2.14. The van der Waals surface area contributed by atoms with E-state index >= 15 is 0 Å². The second-order valence-electron chi connectivity index (χ2n) is 8.61. The van der Waals surface area contributed by atoms with Gasteiger partial charge in [0.1, 0.15) is 24.4 Å². The van der Waals surface area contributed by atoms with Crippen molar-refractivity contribution in [3.05, 3.63) is 0 Å². The van der Waals surface area contributed by atoms with Gasteiger partial charge in [0.25, 0.3) is 0 Å². The van der Waals surface area contributed by atoms with Gasteiger partial charge in [-0.15, -0.1) is 0 Å². The first-order chi connectivity index (χ1) is 12.2. The Morgan fingerprint density at radius 2 is 1.50 bits per heavy atom. The average Bonchev–Trinajstić information content (AvgIpc) is 2.57. The van der Waals surface area contributed by atoms with E-state index in [0.29, 0.717) is 6.42 Å². The number of hydrogen-bond donors (Lipinski definition) is 4. The second kappa shape index (κ2) is 11.2. The lowest BCUT2D eigenvalue weighted by molar-refractivity contribution is -0.242. The summed E-state index contributed by atoms with van der Waals surface area (Å²) in [5.74, 6) is -0.0673. The Balaban J connectivity index is 2.32. The number of hydrogen-bond acceptors (Lipinski definition) is 5. The van der Waals surface area contributed by atoms with Gasteiger partial charge in [0, 0.05) is 13.0 Å². The molecule has 1 heterocycles. The van der Waals surface area contributed by atoms with Gasteiger partial charge in [-0.05, 0) is 11.8 Å². The van der Waals surface area contributed by atoms with Gasteiger partial charge in [0.15, 0.2) is 0 Å². The van der Waals surface area contributed by atoms with Crippen molar-refractivity contribution in [3.8, 4) is 0 Å². The molecule has 1 saturated heterocycles. The summed E-state index contributed by atoms with van der Waals surface area (Å²) >= 11 is 0. The minimum Gasteiger partial charge on any atom is -0.388 e. The first-order valence-electron chi connectivity index (χ1n) is 10.1. The number of unbranched alkanes of at least 4 members (excludes halogenated alkanes) is 6. The molecule has 0 aliphatic carbocycles. The predicted molar refractivity (Wildman–Crippen MR) is 102 cm³/mol. The van der Waals surface area contributed by atoms with E-state index in [9.17, 15) is 20.1 Å². The van der Waals surface area contributed by atoms with E-state index in [-0.39, 0.29) is 17.9 Å². The highest BCUT2D eigenvalue weighted by atomic mass is 16.5. The molecule has 1 fully saturated rings. The minimum atomic E-state index is -1.28. The van der Waals surface area contributed by atoms with E-state index in [2.05, 4.69) is 12.2 Å². The SMILES string of the molecule is CCCCCCCCCC(=O)NCC1O[C@@H](C(C)(C)C)C(O)[C@@H](O)[C@@H]1O. The van der Waals surface area contributed by atoms with Gasteiger partial charge in [-0.1, -0.05) is 66.2 Å². The molecule has 0 aromatic carbocycles. The van der Waals surface area contributed by atoms with Crippen LogP contribution >= 0.6 is 0 Å². The highest BCUT2D eigenvalue weighted by molar-refractivity contribution is 5.75. The van der Waals surface area contributed by atoms with Gasteiger partial charge in [0.2, 0.25) is 5.91 Å². The maximum Gasteiger partial charge on any atom is 0.220 e. The summed E-state index contributed by atoms with van der Waals surface area (Å²) < 4.78 is 5.80. The van der Waals surface area contributed by atoms with Crippen molar-refractivity contribution in [3.63, 3.8) is 0 Å².